The van der Waals surface area contributed by atoms with Crippen molar-refractivity contribution in [3.05, 3.63) is 34.4 Å². The largest absolute Gasteiger partial charge is 0.335 e. The second-order valence-electron chi connectivity index (χ2n) is 5.18. The third-order valence-corrected chi connectivity index (χ3v) is 3.83. The van der Waals surface area contributed by atoms with Gasteiger partial charge in [0.05, 0.1) is 5.56 Å². The molecule has 0 unspecified atom stereocenters. The van der Waals surface area contributed by atoms with Crippen molar-refractivity contribution >= 4 is 23.5 Å². The third-order valence-electron chi connectivity index (χ3n) is 3.49. The maximum atomic E-state index is 13.9. The lowest BCUT2D eigenvalue weighted by Gasteiger charge is -2.36. The van der Waals surface area contributed by atoms with Crippen LogP contribution in [0.2, 0.25) is 5.02 Å². The Morgan fingerprint density at radius 2 is 1.64 bits per heavy atom. The van der Waals surface area contributed by atoms with E-state index in [1.807, 2.05) is 0 Å². The summed E-state index contributed by atoms with van der Waals surface area (Å²) in [6.07, 6.45) is 0. The number of amides is 3. The van der Waals surface area contributed by atoms with Crippen molar-refractivity contribution in [2.45, 2.75) is 0 Å². The van der Waals surface area contributed by atoms with E-state index in [1.165, 1.54) is 9.80 Å². The molecular formula is C14H16ClF2N3O2. The van der Waals surface area contributed by atoms with Gasteiger partial charge >= 0.3 is 6.03 Å². The summed E-state index contributed by atoms with van der Waals surface area (Å²) in [5.41, 5.74) is -0.265. The van der Waals surface area contributed by atoms with Crippen LogP contribution in [0.1, 0.15) is 10.4 Å². The highest BCUT2D eigenvalue weighted by Gasteiger charge is 2.27. The Morgan fingerprint density at radius 3 is 2.18 bits per heavy atom. The first-order valence-electron chi connectivity index (χ1n) is 6.72. The molecule has 8 heteroatoms. The maximum Gasteiger partial charge on any atom is 0.319 e. The molecule has 1 fully saturated rings. The summed E-state index contributed by atoms with van der Waals surface area (Å²) in [6, 6.07) is 1.91. The van der Waals surface area contributed by atoms with E-state index in [-0.39, 0.29) is 24.7 Å². The van der Waals surface area contributed by atoms with Crippen molar-refractivity contribution < 1.29 is 18.4 Å². The van der Waals surface area contributed by atoms with Crippen molar-refractivity contribution in [2.75, 3.05) is 40.3 Å². The highest BCUT2D eigenvalue weighted by Crippen LogP contribution is 2.23. The van der Waals surface area contributed by atoms with Crippen molar-refractivity contribution in [1.82, 2.24) is 14.7 Å². The SMILES string of the molecule is CN(C)C(=O)N1CCN(C(=O)c2ccc(F)c(Cl)c2F)CC1. The zero-order chi connectivity index (χ0) is 16.4. The molecule has 3 amide bonds. The van der Waals surface area contributed by atoms with Gasteiger partial charge in [0.2, 0.25) is 0 Å². The number of benzene rings is 1. The monoisotopic (exact) mass is 331 g/mol. The van der Waals surface area contributed by atoms with Gasteiger partial charge in [0.25, 0.3) is 5.91 Å². The van der Waals surface area contributed by atoms with Crippen LogP contribution in [0, 0.1) is 11.6 Å². The van der Waals surface area contributed by atoms with Gasteiger partial charge in [-0.2, -0.15) is 0 Å². The Morgan fingerprint density at radius 1 is 1.09 bits per heavy atom. The minimum absolute atomic E-state index is 0.136. The van der Waals surface area contributed by atoms with Gasteiger partial charge in [-0.25, -0.2) is 13.6 Å². The van der Waals surface area contributed by atoms with E-state index in [1.54, 1.807) is 19.0 Å². The summed E-state index contributed by atoms with van der Waals surface area (Å²) in [5.74, 6) is -2.52. The first kappa shape index (κ1) is 16.5. The highest BCUT2D eigenvalue weighted by molar-refractivity contribution is 6.31. The highest BCUT2D eigenvalue weighted by atomic mass is 35.5. The molecule has 120 valence electrons. The van der Waals surface area contributed by atoms with Crippen molar-refractivity contribution in [1.29, 1.82) is 0 Å². The van der Waals surface area contributed by atoms with E-state index in [9.17, 15) is 18.4 Å². The number of carbonyl (C=O) groups is 2. The Balaban J connectivity index is 2.07. The fraction of sp³-hybridized carbons (Fsp3) is 0.429. The molecule has 5 nitrogen and oxygen atoms in total. The van der Waals surface area contributed by atoms with Crippen molar-refractivity contribution in [3.8, 4) is 0 Å². The van der Waals surface area contributed by atoms with E-state index in [0.717, 1.165) is 12.1 Å². The van der Waals surface area contributed by atoms with Crippen LogP contribution in [0.15, 0.2) is 12.1 Å². The quantitative estimate of drug-likeness (QED) is 0.739. The van der Waals surface area contributed by atoms with Gasteiger partial charge in [0, 0.05) is 40.3 Å². The first-order valence-corrected chi connectivity index (χ1v) is 7.09. The summed E-state index contributed by atoms with van der Waals surface area (Å²) in [4.78, 5) is 28.6. The van der Waals surface area contributed by atoms with Crippen LogP contribution < -0.4 is 0 Å². The van der Waals surface area contributed by atoms with Crippen LogP contribution >= 0.6 is 11.6 Å². The minimum atomic E-state index is -1.06. The first-order chi connectivity index (χ1) is 10.3. The zero-order valence-corrected chi connectivity index (χ0v) is 13.0. The van der Waals surface area contributed by atoms with Gasteiger partial charge in [0.15, 0.2) is 5.82 Å². The number of carbonyl (C=O) groups excluding carboxylic acids is 2. The third kappa shape index (κ3) is 3.14. The van der Waals surface area contributed by atoms with Gasteiger partial charge < -0.3 is 14.7 Å². The van der Waals surface area contributed by atoms with Crippen molar-refractivity contribution in [3.63, 3.8) is 0 Å². The summed E-state index contributed by atoms with van der Waals surface area (Å²) in [6.45, 7) is 1.29. The molecule has 22 heavy (non-hydrogen) atoms. The summed E-state index contributed by atoms with van der Waals surface area (Å²) in [5, 5.41) is -0.688. The topological polar surface area (TPSA) is 43.9 Å². The molecule has 0 aromatic heterocycles. The second-order valence-corrected chi connectivity index (χ2v) is 5.56. The number of urea groups is 1. The molecule has 2 rings (SSSR count). The molecule has 0 bridgehead atoms. The average Bonchev–Trinajstić information content (AvgIpc) is 2.51. The van der Waals surface area contributed by atoms with Crippen LogP contribution in [-0.4, -0.2) is 66.9 Å². The van der Waals surface area contributed by atoms with E-state index in [4.69, 9.17) is 11.6 Å². The zero-order valence-electron chi connectivity index (χ0n) is 12.3. The van der Waals surface area contributed by atoms with Gasteiger partial charge in [-0.3, -0.25) is 4.79 Å². The predicted molar refractivity (Wildman–Crippen MR) is 77.9 cm³/mol. The molecule has 1 heterocycles. The van der Waals surface area contributed by atoms with Crippen LogP contribution in [0.4, 0.5) is 13.6 Å². The Labute approximate surface area is 132 Å². The van der Waals surface area contributed by atoms with E-state index < -0.39 is 22.6 Å². The average molecular weight is 332 g/mol. The van der Waals surface area contributed by atoms with Gasteiger partial charge in [0.1, 0.15) is 10.8 Å². The van der Waals surface area contributed by atoms with E-state index in [0.29, 0.717) is 13.1 Å². The molecule has 0 N–H and O–H groups in total. The number of piperazine rings is 1. The number of halogens is 3. The minimum Gasteiger partial charge on any atom is -0.335 e. The standard InChI is InChI=1S/C14H16ClF2N3O2/c1-18(2)14(22)20-7-5-19(6-8-20)13(21)9-3-4-10(16)11(15)12(9)17/h3-4H,5-8H2,1-2H3. The molecular weight excluding hydrogens is 316 g/mol. The summed E-state index contributed by atoms with van der Waals surface area (Å²) in [7, 11) is 3.30. The summed E-state index contributed by atoms with van der Waals surface area (Å²) < 4.78 is 27.0. The smallest absolute Gasteiger partial charge is 0.319 e. The van der Waals surface area contributed by atoms with Crippen LogP contribution in [0.3, 0.4) is 0 Å². The Bertz CT molecular complexity index is 602. The summed E-state index contributed by atoms with van der Waals surface area (Å²) >= 11 is 5.49. The van der Waals surface area contributed by atoms with Gasteiger partial charge in [-0.1, -0.05) is 11.6 Å². The van der Waals surface area contributed by atoms with Gasteiger partial charge in [-0.05, 0) is 12.1 Å². The Hall–Kier alpha value is -1.89. The Kier molecular flexibility index (Phi) is 4.85. The molecule has 1 aromatic carbocycles. The fourth-order valence-electron chi connectivity index (χ4n) is 2.25. The molecule has 0 radical (unpaired) electrons. The number of nitrogens with zero attached hydrogens (tertiary/aromatic N) is 3. The fourth-order valence-corrected chi connectivity index (χ4v) is 2.41. The van der Waals surface area contributed by atoms with Crippen molar-refractivity contribution in [2.24, 2.45) is 0 Å². The van der Waals surface area contributed by atoms with Crippen LogP contribution in [0.25, 0.3) is 0 Å². The normalized spacial score (nSPS) is 15.0. The lowest BCUT2D eigenvalue weighted by Crippen LogP contribution is -2.53. The molecule has 0 saturated carbocycles. The molecule has 0 spiro atoms. The van der Waals surface area contributed by atoms with E-state index >= 15 is 0 Å². The number of rotatable bonds is 1. The molecule has 1 saturated heterocycles. The van der Waals surface area contributed by atoms with Crippen LogP contribution in [0.5, 0.6) is 0 Å². The van der Waals surface area contributed by atoms with Crippen LogP contribution in [-0.2, 0) is 0 Å². The molecule has 0 atom stereocenters. The number of hydrogen-bond acceptors (Lipinski definition) is 2. The number of hydrogen-bond donors (Lipinski definition) is 0. The second kappa shape index (κ2) is 6.48. The molecule has 1 aliphatic rings. The van der Waals surface area contributed by atoms with E-state index in [2.05, 4.69) is 0 Å². The van der Waals surface area contributed by atoms with Gasteiger partial charge in [-0.15, -0.1) is 0 Å². The predicted octanol–water partition coefficient (Wildman–Crippen LogP) is 2.06. The molecule has 1 aliphatic heterocycles. The maximum absolute atomic E-state index is 13.9. The molecule has 1 aromatic rings. The lowest BCUT2D eigenvalue weighted by molar-refractivity contribution is 0.0645. The molecule has 0 aliphatic carbocycles. The lowest BCUT2D eigenvalue weighted by atomic mass is 10.1.